The Kier molecular flexibility index (Phi) is 6.36. The van der Waals surface area contributed by atoms with Crippen LogP contribution in [-0.2, 0) is 10.9 Å². The number of nitrogens with zero attached hydrogens (tertiary/aromatic N) is 2. The minimum atomic E-state index is -4.71. The highest BCUT2D eigenvalue weighted by Gasteiger charge is 2.34. The maximum Gasteiger partial charge on any atom is 0.431 e. The molecule has 36 heavy (non-hydrogen) atoms. The molecule has 192 valence electrons. The molecule has 0 aromatic carbocycles. The van der Waals surface area contributed by atoms with E-state index in [1.54, 1.807) is 4.98 Å². The van der Waals surface area contributed by atoms with E-state index in [9.17, 15) is 22.8 Å². The monoisotopic (exact) mass is 506 g/mol. The van der Waals surface area contributed by atoms with Crippen LogP contribution in [0.1, 0.15) is 65.3 Å². The van der Waals surface area contributed by atoms with Gasteiger partial charge in [0.05, 0.1) is 6.20 Å². The van der Waals surface area contributed by atoms with Crippen molar-refractivity contribution in [3.8, 4) is 0 Å². The summed E-state index contributed by atoms with van der Waals surface area (Å²) < 4.78 is 59.0. The summed E-state index contributed by atoms with van der Waals surface area (Å²) in [6.07, 6.45) is -1.72. The number of pyridine rings is 2. The van der Waals surface area contributed by atoms with E-state index >= 15 is 4.39 Å². The number of hydrogen-bond acceptors (Lipinski definition) is 4. The summed E-state index contributed by atoms with van der Waals surface area (Å²) in [6, 6.07) is 3.57. The van der Waals surface area contributed by atoms with Crippen LogP contribution in [0.15, 0.2) is 29.2 Å². The molecule has 2 saturated heterocycles. The maximum atomic E-state index is 15.0. The molecular weight excluding hydrogens is 480 g/mol. The second kappa shape index (κ2) is 9.34. The molecule has 3 aromatic heterocycles. The lowest BCUT2D eigenvalue weighted by molar-refractivity contribution is -0.141. The van der Waals surface area contributed by atoms with Crippen molar-refractivity contribution >= 4 is 16.9 Å². The lowest BCUT2D eigenvalue weighted by Gasteiger charge is -2.32. The Morgan fingerprint density at radius 2 is 1.92 bits per heavy atom. The zero-order valence-electron chi connectivity index (χ0n) is 19.6. The first-order valence-electron chi connectivity index (χ1n) is 12.0. The first-order chi connectivity index (χ1) is 17.1. The molecule has 0 saturated carbocycles. The number of halogens is 4. The van der Waals surface area contributed by atoms with Crippen molar-refractivity contribution in [1.82, 2.24) is 19.9 Å². The van der Waals surface area contributed by atoms with Crippen molar-refractivity contribution in [1.29, 1.82) is 0 Å². The number of aromatic amines is 2. The molecule has 2 N–H and O–H groups in total. The number of alkyl halides is 3. The number of ether oxygens (including phenoxy) is 1. The van der Waals surface area contributed by atoms with Gasteiger partial charge in [0.1, 0.15) is 22.7 Å². The number of fused-ring (bicyclic) bond motifs is 1. The molecular formula is C25H26F4N4O3. The van der Waals surface area contributed by atoms with Crippen molar-refractivity contribution < 1.29 is 27.1 Å². The molecule has 2 aliphatic rings. The Morgan fingerprint density at radius 3 is 2.58 bits per heavy atom. The number of carbonyl (C=O) groups is 1. The highest BCUT2D eigenvalue weighted by Crippen LogP contribution is 2.38. The average molecular weight is 507 g/mol. The normalized spacial score (nSPS) is 21.8. The standard InChI is InChI=1S/C25H26F4N4O3/c1-13-12-36-9-6-15(13)19-10-17-21(18(26)11-30-22(17)31-19)14-4-7-33(8-5-14)24(35)16-2-3-20(25(27,28)29)32-23(16)34/h2-3,10-11,13-15H,4-9,12H2,1H3,(H,30,31)(H,32,34)/t13-,15-/m1/s1. The summed E-state index contributed by atoms with van der Waals surface area (Å²) in [5.41, 5.74) is -0.451. The van der Waals surface area contributed by atoms with Gasteiger partial charge in [0, 0.05) is 48.9 Å². The van der Waals surface area contributed by atoms with Crippen molar-refractivity contribution in [2.75, 3.05) is 26.3 Å². The largest absolute Gasteiger partial charge is 0.431 e. The van der Waals surface area contributed by atoms with Gasteiger partial charge in [0.2, 0.25) is 0 Å². The summed E-state index contributed by atoms with van der Waals surface area (Å²) >= 11 is 0. The number of H-pyrrole nitrogens is 2. The maximum absolute atomic E-state index is 15.0. The van der Waals surface area contributed by atoms with E-state index < -0.39 is 29.2 Å². The molecule has 1 amide bonds. The second-order valence-electron chi connectivity index (χ2n) is 9.63. The van der Waals surface area contributed by atoms with E-state index in [4.69, 9.17) is 4.74 Å². The molecule has 0 unspecified atom stereocenters. The van der Waals surface area contributed by atoms with Crippen molar-refractivity contribution in [3.05, 3.63) is 63.1 Å². The van der Waals surface area contributed by atoms with Gasteiger partial charge >= 0.3 is 6.18 Å². The Balaban J connectivity index is 1.34. The van der Waals surface area contributed by atoms with Gasteiger partial charge in [-0.2, -0.15) is 13.2 Å². The van der Waals surface area contributed by atoms with Crippen LogP contribution in [0.3, 0.4) is 0 Å². The number of aromatic nitrogens is 3. The van der Waals surface area contributed by atoms with Crippen LogP contribution in [-0.4, -0.2) is 52.1 Å². The van der Waals surface area contributed by atoms with E-state index in [1.165, 1.54) is 11.1 Å². The molecule has 3 aromatic rings. The highest BCUT2D eigenvalue weighted by molar-refractivity contribution is 5.94. The number of nitrogens with one attached hydrogen (secondary N) is 2. The highest BCUT2D eigenvalue weighted by atomic mass is 19.4. The molecule has 0 radical (unpaired) electrons. The van der Waals surface area contributed by atoms with E-state index in [1.807, 2.05) is 6.07 Å². The van der Waals surface area contributed by atoms with Gasteiger partial charge in [-0.15, -0.1) is 0 Å². The molecule has 0 bridgehead atoms. The van der Waals surface area contributed by atoms with Crippen LogP contribution in [0.4, 0.5) is 17.6 Å². The Bertz CT molecular complexity index is 1340. The van der Waals surface area contributed by atoms with Gasteiger partial charge < -0.3 is 19.6 Å². The van der Waals surface area contributed by atoms with E-state index in [2.05, 4.69) is 16.9 Å². The Hall–Kier alpha value is -3.21. The first-order valence-corrected chi connectivity index (χ1v) is 12.0. The van der Waals surface area contributed by atoms with E-state index in [0.717, 1.165) is 23.6 Å². The summed E-state index contributed by atoms with van der Waals surface area (Å²) in [7, 11) is 0. The van der Waals surface area contributed by atoms with E-state index in [0.29, 0.717) is 49.3 Å². The van der Waals surface area contributed by atoms with Gasteiger partial charge in [-0.25, -0.2) is 9.37 Å². The summed E-state index contributed by atoms with van der Waals surface area (Å²) in [4.78, 5) is 35.7. The van der Waals surface area contributed by atoms with Crippen molar-refractivity contribution in [2.45, 2.75) is 44.2 Å². The zero-order chi connectivity index (χ0) is 25.6. The number of rotatable bonds is 3. The van der Waals surface area contributed by atoms with Gasteiger partial charge in [0.25, 0.3) is 11.5 Å². The quantitative estimate of drug-likeness (QED) is 0.510. The van der Waals surface area contributed by atoms with E-state index in [-0.39, 0.29) is 30.5 Å². The van der Waals surface area contributed by atoms with Crippen molar-refractivity contribution in [3.63, 3.8) is 0 Å². The van der Waals surface area contributed by atoms with Crippen LogP contribution in [0, 0.1) is 11.7 Å². The van der Waals surface area contributed by atoms with Gasteiger partial charge in [-0.3, -0.25) is 9.59 Å². The van der Waals surface area contributed by atoms with Gasteiger partial charge in [0.15, 0.2) is 0 Å². The lowest BCUT2D eigenvalue weighted by atomic mass is 9.85. The minimum Gasteiger partial charge on any atom is -0.381 e. The predicted octanol–water partition coefficient (Wildman–Crippen LogP) is 4.57. The number of carbonyl (C=O) groups excluding carboxylic acids is 1. The van der Waals surface area contributed by atoms with Crippen molar-refractivity contribution in [2.24, 2.45) is 5.92 Å². The Labute approximate surface area is 203 Å². The molecule has 5 heterocycles. The topological polar surface area (TPSA) is 91.1 Å². The van der Waals surface area contributed by atoms with Crippen LogP contribution in [0.2, 0.25) is 0 Å². The minimum absolute atomic E-state index is 0.166. The van der Waals surface area contributed by atoms with Crippen LogP contribution in [0.5, 0.6) is 0 Å². The lowest BCUT2D eigenvalue weighted by Crippen LogP contribution is -2.40. The summed E-state index contributed by atoms with van der Waals surface area (Å²) in [6.45, 7) is 3.97. The predicted molar refractivity (Wildman–Crippen MR) is 123 cm³/mol. The fraction of sp³-hybridized carbons (Fsp3) is 0.480. The molecule has 0 spiro atoms. The smallest absolute Gasteiger partial charge is 0.381 e. The third-order valence-corrected chi connectivity index (χ3v) is 7.35. The molecule has 11 heteroatoms. The van der Waals surface area contributed by atoms with Crippen LogP contribution in [0.25, 0.3) is 11.0 Å². The number of piperidine rings is 1. The molecule has 5 rings (SSSR count). The first kappa shape index (κ1) is 24.5. The zero-order valence-corrected chi connectivity index (χ0v) is 19.6. The molecule has 2 atom stereocenters. The third kappa shape index (κ3) is 4.52. The summed E-state index contributed by atoms with van der Waals surface area (Å²) in [5, 5.41) is 0.729. The van der Waals surface area contributed by atoms with Gasteiger partial charge in [-0.1, -0.05) is 6.92 Å². The molecule has 7 nitrogen and oxygen atoms in total. The second-order valence-corrected chi connectivity index (χ2v) is 9.63. The fourth-order valence-corrected chi connectivity index (χ4v) is 5.40. The van der Waals surface area contributed by atoms with Crippen LogP contribution >= 0.6 is 0 Å². The molecule has 2 fully saturated rings. The third-order valence-electron chi connectivity index (χ3n) is 7.35. The summed E-state index contributed by atoms with van der Waals surface area (Å²) in [5.74, 6) is -0.618. The SMILES string of the molecule is C[C@@H]1COCC[C@H]1c1cc2c(C3CCN(C(=O)c4ccc(C(F)(F)F)[nH]c4=O)CC3)c(F)cnc2[nH]1. The average Bonchev–Trinajstić information content (AvgIpc) is 3.27. The Morgan fingerprint density at radius 1 is 1.17 bits per heavy atom. The number of hydrogen-bond donors (Lipinski definition) is 2. The number of amides is 1. The number of likely N-dealkylation sites (tertiary alicyclic amines) is 1. The molecule has 0 aliphatic carbocycles. The van der Waals surface area contributed by atoms with Crippen LogP contribution < -0.4 is 5.56 Å². The fourth-order valence-electron chi connectivity index (χ4n) is 5.40. The molecule has 2 aliphatic heterocycles. The van der Waals surface area contributed by atoms with Gasteiger partial charge in [-0.05, 0) is 49.3 Å².